The second-order valence-electron chi connectivity index (χ2n) is 10.4. The van der Waals surface area contributed by atoms with E-state index in [-0.39, 0.29) is 32.1 Å². The smallest absolute Gasteiger partial charge is 0.463 e. The van der Waals surface area contributed by atoms with E-state index < -0.39 is 26.5 Å². The van der Waals surface area contributed by atoms with Crippen LogP contribution in [-0.2, 0) is 27.9 Å². The van der Waals surface area contributed by atoms with Crippen LogP contribution in [0.4, 0.5) is 0 Å². The van der Waals surface area contributed by atoms with Crippen LogP contribution in [0.2, 0.25) is 0 Å². The number of unbranched alkanes of at least 4 members (excludes halogenated alkanes) is 16. The average Bonchev–Trinajstić information content (AvgIpc) is 2.91. The third-order valence-corrected chi connectivity index (χ3v) is 7.52. The van der Waals surface area contributed by atoms with Crippen molar-refractivity contribution in [2.75, 3.05) is 26.4 Å². The molecule has 2 atom stereocenters. The molecule has 0 saturated heterocycles. The van der Waals surface area contributed by atoms with Crippen molar-refractivity contribution in [3.8, 4) is 0 Å². The zero-order valence-corrected chi connectivity index (χ0v) is 25.7. The van der Waals surface area contributed by atoms with Gasteiger partial charge in [0.05, 0.1) is 13.2 Å². The third kappa shape index (κ3) is 28.3. The Morgan fingerprint density at radius 2 is 1.15 bits per heavy atom. The fourth-order valence-electron chi connectivity index (χ4n) is 4.14. The fraction of sp³-hybridized carbons (Fsp3) is 0.931. The summed E-state index contributed by atoms with van der Waals surface area (Å²) in [6.07, 6.45) is 21.2. The van der Waals surface area contributed by atoms with Gasteiger partial charge >= 0.3 is 13.8 Å². The van der Waals surface area contributed by atoms with Crippen LogP contribution in [0.3, 0.4) is 0 Å². The molecule has 0 fully saturated rings. The maximum atomic E-state index is 11.9. The highest BCUT2D eigenvalue weighted by molar-refractivity contribution is 7.47. The van der Waals surface area contributed by atoms with Gasteiger partial charge in [0, 0.05) is 19.4 Å². The summed E-state index contributed by atoms with van der Waals surface area (Å²) in [7, 11) is -4.38. The minimum atomic E-state index is -4.38. The summed E-state index contributed by atoms with van der Waals surface area (Å²) in [5, 5.41) is 12.4. The maximum absolute atomic E-state index is 11.9. The lowest BCUT2D eigenvalue weighted by atomic mass is 10.0. The number of ether oxygens (including phenoxy) is 1. The summed E-state index contributed by atoms with van der Waals surface area (Å²) in [5.74, 6) is -0.538. The van der Waals surface area contributed by atoms with Gasteiger partial charge in [0.15, 0.2) is 0 Å². The molecule has 10 heteroatoms. The first-order chi connectivity index (χ1) is 18.8. The number of aliphatic hydroxyl groups is 1. The number of amides is 1. The van der Waals surface area contributed by atoms with E-state index in [1.54, 1.807) is 0 Å². The minimum absolute atomic E-state index is 0.0867. The first kappa shape index (κ1) is 38.0. The summed E-state index contributed by atoms with van der Waals surface area (Å²) in [5.41, 5.74) is 0. The molecule has 0 aromatic heterocycles. The van der Waals surface area contributed by atoms with Crippen molar-refractivity contribution in [1.29, 1.82) is 0 Å². The van der Waals surface area contributed by atoms with Gasteiger partial charge in [-0.3, -0.25) is 18.6 Å². The predicted molar refractivity (Wildman–Crippen MR) is 155 cm³/mol. The van der Waals surface area contributed by atoms with Crippen molar-refractivity contribution in [2.24, 2.45) is 0 Å². The van der Waals surface area contributed by atoms with Crippen LogP contribution in [-0.4, -0.2) is 54.3 Å². The number of nitrogens with one attached hydrogen (secondary N) is 1. The summed E-state index contributed by atoms with van der Waals surface area (Å²) in [4.78, 5) is 33.1. The third-order valence-electron chi connectivity index (χ3n) is 6.54. The quantitative estimate of drug-likeness (QED) is 0.0491. The molecule has 0 aromatic carbocycles. The Morgan fingerprint density at radius 3 is 1.69 bits per heavy atom. The number of esters is 1. The van der Waals surface area contributed by atoms with E-state index in [1.165, 1.54) is 77.0 Å². The molecule has 0 rings (SSSR count). The monoisotopic (exact) mass is 579 g/mol. The highest BCUT2D eigenvalue weighted by Crippen LogP contribution is 2.42. The molecule has 9 nitrogen and oxygen atoms in total. The molecular formula is C29H58NO8P. The largest absolute Gasteiger partial charge is 0.472 e. The Labute approximate surface area is 237 Å². The minimum Gasteiger partial charge on any atom is -0.463 e. The number of phosphoric ester groups is 1. The van der Waals surface area contributed by atoms with Gasteiger partial charge in [-0.25, -0.2) is 4.57 Å². The number of rotatable bonds is 29. The second kappa shape index (κ2) is 27.2. The van der Waals surface area contributed by atoms with Crippen molar-refractivity contribution >= 4 is 19.7 Å². The molecular weight excluding hydrogens is 521 g/mol. The molecule has 2 unspecified atom stereocenters. The topological polar surface area (TPSA) is 131 Å². The zero-order chi connectivity index (χ0) is 29.0. The molecule has 39 heavy (non-hydrogen) atoms. The zero-order valence-electron chi connectivity index (χ0n) is 24.8. The van der Waals surface area contributed by atoms with E-state index in [9.17, 15) is 24.2 Å². The van der Waals surface area contributed by atoms with E-state index in [2.05, 4.69) is 12.2 Å². The summed E-state index contributed by atoms with van der Waals surface area (Å²) >= 11 is 0. The van der Waals surface area contributed by atoms with E-state index in [1.807, 2.05) is 6.92 Å². The SMILES string of the molecule is CCCCCCCCCCCCCCCCCC(=O)NCCOP(=O)(O)OCC(O)COC(=O)CCCCC. The fourth-order valence-corrected chi connectivity index (χ4v) is 4.90. The molecule has 0 aliphatic carbocycles. The van der Waals surface area contributed by atoms with Gasteiger partial charge in [0.25, 0.3) is 0 Å². The van der Waals surface area contributed by atoms with Crippen LogP contribution in [0.1, 0.15) is 142 Å². The first-order valence-corrected chi connectivity index (χ1v) is 17.0. The van der Waals surface area contributed by atoms with E-state index in [0.717, 1.165) is 38.5 Å². The molecule has 0 aromatic rings. The van der Waals surface area contributed by atoms with Crippen LogP contribution >= 0.6 is 7.82 Å². The van der Waals surface area contributed by atoms with Crippen molar-refractivity contribution < 1.29 is 37.9 Å². The van der Waals surface area contributed by atoms with Crippen molar-refractivity contribution in [1.82, 2.24) is 5.32 Å². The number of phosphoric acid groups is 1. The second-order valence-corrected chi connectivity index (χ2v) is 11.9. The number of hydrogen-bond acceptors (Lipinski definition) is 7. The van der Waals surface area contributed by atoms with Crippen LogP contribution in [0.5, 0.6) is 0 Å². The van der Waals surface area contributed by atoms with Gasteiger partial charge in [-0.2, -0.15) is 0 Å². The summed E-state index contributed by atoms with van der Waals surface area (Å²) in [6.45, 7) is 3.34. The molecule has 232 valence electrons. The predicted octanol–water partition coefficient (Wildman–Crippen LogP) is 6.98. The molecule has 0 aliphatic rings. The molecule has 0 radical (unpaired) electrons. The average molecular weight is 580 g/mol. The highest BCUT2D eigenvalue weighted by Gasteiger charge is 2.23. The van der Waals surface area contributed by atoms with Crippen LogP contribution in [0.25, 0.3) is 0 Å². The van der Waals surface area contributed by atoms with Crippen LogP contribution < -0.4 is 5.32 Å². The van der Waals surface area contributed by atoms with Crippen LogP contribution in [0, 0.1) is 0 Å². The lowest BCUT2D eigenvalue weighted by molar-refractivity contribution is -0.147. The van der Waals surface area contributed by atoms with Gasteiger partial charge in [-0.1, -0.05) is 117 Å². The van der Waals surface area contributed by atoms with Gasteiger partial charge in [-0.15, -0.1) is 0 Å². The Morgan fingerprint density at radius 1 is 0.692 bits per heavy atom. The van der Waals surface area contributed by atoms with Gasteiger partial charge < -0.3 is 20.1 Å². The van der Waals surface area contributed by atoms with E-state index in [0.29, 0.717) is 6.42 Å². The molecule has 3 N–H and O–H groups in total. The number of aliphatic hydroxyl groups excluding tert-OH is 1. The number of carbonyl (C=O) groups is 2. The molecule has 0 spiro atoms. The van der Waals surface area contributed by atoms with Gasteiger partial charge in [0.2, 0.25) is 5.91 Å². The van der Waals surface area contributed by atoms with E-state index >= 15 is 0 Å². The summed E-state index contributed by atoms with van der Waals surface area (Å²) in [6, 6.07) is 0. The lowest BCUT2D eigenvalue weighted by Crippen LogP contribution is -2.27. The number of hydrogen-bond donors (Lipinski definition) is 3. The Kier molecular flexibility index (Phi) is 26.5. The lowest BCUT2D eigenvalue weighted by Gasteiger charge is -2.15. The van der Waals surface area contributed by atoms with Crippen LogP contribution in [0.15, 0.2) is 0 Å². The Bertz CT molecular complexity index is 634. The first-order valence-electron chi connectivity index (χ1n) is 15.5. The normalized spacial score (nSPS) is 13.6. The standard InChI is InChI=1S/C29H58NO8P/c1-3-5-7-8-9-10-11-12-13-14-15-16-17-18-20-21-28(32)30-23-24-37-39(34,35)38-26-27(31)25-36-29(33)22-19-6-4-2/h27,31H,3-26H2,1-2H3,(H,30,32)(H,34,35). The Hall–Kier alpha value is -0.990. The van der Waals surface area contributed by atoms with Crippen molar-refractivity contribution in [3.05, 3.63) is 0 Å². The maximum Gasteiger partial charge on any atom is 0.472 e. The van der Waals surface area contributed by atoms with Crippen molar-refractivity contribution in [2.45, 2.75) is 148 Å². The molecule has 0 aliphatic heterocycles. The molecule has 0 saturated carbocycles. The molecule has 1 amide bonds. The summed E-state index contributed by atoms with van der Waals surface area (Å²) < 4.78 is 26.3. The van der Waals surface area contributed by atoms with Gasteiger partial charge in [0.1, 0.15) is 12.7 Å². The Balaban J connectivity index is 3.56. The molecule has 0 heterocycles. The highest BCUT2D eigenvalue weighted by atomic mass is 31.2. The van der Waals surface area contributed by atoms with Gasteiger partial charge in [-0.05, 0) is 12.8 Å². The van der Waals surface area contributed by atoms with Crippen molar-refractivity contribution in [3.63, 3.8) is 0 Å². The number of carbonyl (C=O) groups excluding carboxylic acids is 2. The molecule has 0 bridgehead atoms. The van der Waals surface area contributed by atoms with E-state index in [4.69, 9.17) is 13.8 Å².